The molecule has 0 aliphatic carbocycles. The number of esters is 6. The maximum Gasteiger partial charge on any atom is 0.350 e. The summed E-state index contributed by atoms with van der Waals surface area (Å²) in [5.41, 5.74) is 8.58. The molecule has 31 heteroatoms. The van der Waals surface area contributed by atoms with Gasteiger partial charge in [0.05, 0.1) is 83.0 Å². The number of hydrogen-bond donors (Lipinski definition) is 0. The third-order valence-electron chi connectivity index (χ3n) is 18.3. The molecule has 0 spiro atoms. The van der Waals surface area contributed by atoms with Gasteiger partial charge in [0.15, 0.2) is 22.3 Å². The molecule has 0 aliphatic rings. The number of halogens is 6. The number of benzene rings is 7. The van der Waals surface area contributed by atoms with Crippen LogP contribution in [0.15, 0.2) is 197 Å². The van der Waals surface area contributed by atoms with E-state index in [1.165, 1.54) is 0 Å². The van der Waals surface area contributed by atoms with E-state index in [-0.39, 0.29) is 104 Å². The second kappa shape index (κ2) is 48.3. The average molecular weight is 1760 g/mol. The Morgan fingerprint density at radius 3 is 0.653 bits per heavy atom. The highest BCUT2D eigenvalue weighted by molar-refractivity contribution is 6.53. The van der Waals surface area contributed by atoms with E-state index in [1.54, 1.807) is 114 Å². The standard InChI is InChI=1S/C45H48Cl3N7O6.C45H39Cl3N6O6/c1-8-59-43(56)37(29-49)39(46)31-11-17-34(18-12-31)52(5)23-26-55(27-24-53(6)35-19-13-32(14-20-35)40(47)38(30-50)44(57)60-9-2)28-25-54(7)36-21-15-33(16-22-36)41(48)42(51-4)45(58)61-10-3;1-8-58-43(55)37(26-49)39(46)28-11-17-31(18-12-28)52(5)34-23-35(53(6)32-19-13-29(14-20-32)40(47)38(27-50)44(56)59-9-2)25-36(24-34)54(7)33-21-15-30(16-22-33)41(48)42(51-4)45(57)60-10-3/h11-22H,8-10,23-28H2,1-3,5-7H3;11-25H,8-10H2,1-3,5-7H3/b2*39-37-,40-38-,42-41+. The first-order valence-electron chi connectivity index (χ1n) is 37.6. The molecule has 0 bridgehead atoms. The second-order valence-electron chi connectivity index (χ2n) is 25.8. The minimum absolute atomic E-state index is 0.0198. The van der Waals surface area contributed by atoms with E-state index in [9.17, 15) is 49.8 Å². The van der Waals surface area contributed by atoms with Gasteiger partial charge in [-0.2, -0.15) is 21.0 Å². The summed E-state index contributed by atoms with van der Waals surface area (Å²) in [5, 5.41) is 38.2. The number of carbonyl (C=O) groups is 6. The maximum absolute atomic E-state index is 12.3. The lowest BCUT2D eigenvalue weighted by Crippen LogP contribution is -2.41. The third kappa shape index (κ3) is 26.4. The molecular weight excluding hydrogens is 1670 g/mol. The average Bonchev–Trinajstić information content (AvgIpc) is 0.791. The summed E-state index contributed by atoms with van der Waals surface area (Å²) in [6, 6.07) is 56.2. The van der Waals surface area contributed by atoms with Crippen molar-refractivity contribution in [1.29, 1.82) is 21.0 Å². The Morgan fingerprint density at radius 2 is 0.471 bits per heavy atom. The molecule has 0 unspecified atom stereocenters. The second-order valence-corrected chi connectivity index (χ2v) is 28.1. The minimum atomic E-state index is -0.805. The van der Waals surface area contributed by atoms with Gasteiger partial charge in [0.1, 0.15) is 24.3 Å². The molecule has 7 aromatic carbocycles. The molecule has 0 heterocycles. The predicted molar refractivity (Wildman–Crippen MR) is 478 cm³/mol. The Morgan fingerprint density at radius 1 is 0.289 bits per heavy atom. The molecule has 0 aromatic heterocycles. The molecule has 0 saturated carbocycles. The first-order valence-corrected chi connectivity index (χ1v) is 39.9. The molecule has 0 fully saturated rings. The highest BCUT2D eigenvalue weighted by Crippen LogP contribution is 2.40. The number of anilines is 9. The highest BCUT2D eigenvalue weighted by Gasteiger charge is 2.26. The van der Waals surface area contributed by atoms with Gasteiger partial charge in [-0.25, -0.2) is 28.9 Å². The zero-order chi connectivity index (χ0) is 89.2. The molecule has 7 rings (SSSR count). The van der Waals surface area contributed by atoms with Crippen molar-refractivity contribution >= 4 is 187 Å². The van der Waals surface area contributed by atoms with Gasteiger partial charge in [-0.1, -0.05) is 142 Å². The van der Waals surface area contributed by atoms with Crippen LogP contribution in [0.3, 0.4) is 0 Å². The highest BCUT2D eigenvalue weighted by atomic mass is 35.5. The topological polar surface area (TPSA) is 284 Å². The van der Waals surface area contributed by atoms with Crippen molar-refractivity contribution in [2.24, 2.45) is 0 Å². The molecule has 7 aromatic rings. The van der Waals surface area contributed by atoms with Gasteiger partial charge in [0.2, 0.25) is 0 Å². The summed E-state index contributed by atoms with van der Waals surface area (Å²) in [5.74, 6) is -4.72. The number of nitrogens with zero attached hydrogens (tertiary/aromatic N) is 13. The summed E-state index contributed by atoms with van der Waals surface area (Å²) in [4.78, 5) is 94.7. The molecule has 25 nitrogen and oxygen atoms in total. The van der Waals surface area contributed by atoms with Gasteiger partial charge in [-0.05, 0) is 166 Å². The van der Waals surface area contributed by atoms with Crippen molar-refractivity contribution in [3.8, 4) is 24.3 Å². The Bertz CT molecular complexity index is 4830. The molecule has 0 radical (unpaired) electrons. The van der Waals surface area contributed by atoms with Crippen LogP contribution in [-0.2, 0) is 57.2 Å². The minimum Gasteiger partial charge on any atom is -0.471 e. The fourth-order valence-corrected chi connectivity index (χ4v) is 12.9. The first kappa shape index (κ1) is 97.1. The molecule has 0 amide bonds. The molecule has 0 saturated heterocycles. The van der Waals surface area contributed by atoms with E-state index in [2.05, 4.69) is 29.3 Å². The van der Waals surface area contributed by atoms with Crippen molar-refractivity contribution < 1.29 is 57.2 Å². The van der Waals surface area contributed by atoms with Gasteiger partial charge < -0.3 is 57.8 Å². The van der Waals surface area contributed by atoms with E-state index < -0.39 is 35.8 Å². The molecular formula is C90H87Cl6N13O12. The molecule has 626 valence electrons. The smallest absolute Gasteiger partial charge is 0.350 e. The summed E-state index contributed by atoms with van der Waals surface area (Å²) in [6.07, 6.45) is 0. The van der Waals surface area contributed by atoms with E-state index >= 15 is 0 Å². The van der Waals surface area contributed by atoms with Crippen LogP contribution in [0.1, 0.15) is 74.9 Å². The predicted octanol–water partition coefficient (Wildman–Crippen LogP) is 18.6. The Kier molecular flexibility index (Phi) is 38.8. The van der Waals surface area contributed by atoms with Crippen molar-refractivity contribution in [2.75, 3.05) is 151 Å². The van der Waals surface area contributed by atoms with Crippen LogP contribution < -0.4 is 29.4 Å². The molecule has 0 N–H and O–H groups in total. The fraction of sp³-hybridized carbons (Fsp3) is 0.267. The van der Waals surface area contributed by atoms with Gasteiger partial charge in [-0.3, -0.25) is 14.5 Å². The number of rotatable bonds is 36. The molecule has 121 heavy (non-hydrogen) atoms. The number of nitriles is 4. The summed E-state index contributed by atoms with van der Waals surface area (Å²) in [7, 11) is 11.6. The van der Waals surface area contributed by atoms with Gasteiger partial charge in [0, 0.05) is 133 Å². The van der Waals surface area contributed by atoms with E-state index in [0.29, 0.717) is 72.6 Å². The number of carbonyl (C=O) groups excluding carboxylic acids is 6. The Hall–Kier alpha value is -12.8. The van der Waals surface area contributed by atoms with Crippen LogP contribution in [0, 0.1) is 58.5 Å². The van der Waals surface area contributed by atoms with Crippen LogP contribution in [0.5, 0.6) is 0 Å². The van der Waals surface area contributed by atoms with Crippen LogP contribution in [0.4, 0.5) is 51.2 Å². The fourth-order valence-electron chi connectivity index (χ4n) is 11.5. The maximum atomic E-state index is 12.3. The summed E-state index contributed by atoms with van der Waals surface area (Å²) < 4.78 is 29.9. The lowest BCUT2D eigenvalue weighted by molar-refractivity contribution is -0.138. The van der Waals surface area contributed by atoms with Crippen LogP contribution in [-0.4, -0.2) is 162 Å². The van der Waals surface area contributed by atoms with Gasteiger partial charge >= 0.3 is 35.8 Å². The van der Waals surface area contributed by atoms with Crippen molar-refractivity contribution in [3.05, 3.63) is 254 Å². The molecule has 0 atom stereocenters. The van der Waals surface area contributed by atoms with Crippen LogP contribution >= 0.6 is 69.6 Å². The van der Waals surface area contributed by atoms with Crippen molar-refractivity contribution in [3.63, 3.8) is 0 Å². The largest absolute Gasteiger partial charge is 0.471 e. The van der Waals surface area contributed by atoms with E-state index in [1.807, 2.05) is 172 Å². The third-order valence-corrected chi connectivity index (χ3v) is 20.8. The monoisotopic (exact) mass is 1750 g/mol. The quantitative estimate of drug-likeness (QED) is 0.0116. The van der Waals surface area contributed by atoms with Crippen LogP contribution in [0.25, 0.3) is 39.9 Å². The zero-order valence-corrected chi connectivity index (χ0v) is 73.1. The summed E-state index contributed by atoms with van der Waals surface area (Å²) >= 11 is 38.7. The van der Waals surface area contributed by atoms with Crippen LogP contribution in [0.2, 0.25) is 0 Å². The first-order chi connectivity index (χ1) is 58.0. The normalized spacial score (nSPS) is 12.0. The zero-order valence-electron chi connectivity index (χ0n) is 68.6. The number of ether oxygens (including phenoxy) is 6. The lowest BCUT2D eigenvalue weighted by Gasteiger charge is -2.31. The number of hydrogen-bond acceptors (Lipinski definition) is 23. The molecule has 0 aliphatic heterocycles. The van der Waals surface area contributed by atoms with E-state index in [0.717, 1.165) is 51.2 Å². The van der Waals surface area contributed by atoms with Crippen molar-refractivity contribution in [1.82, 2.24) is 4.90 Å². The lowest BCUT2D eigenvalue weighted by atomic mass is 10.1. The van der Waals surface area contributed by atoms with E-state index in [4.69, 9.17) is 111 Å². The van der Waals surface area contributed by atoms with Gasteiger partial charge in [-0.15, -0.1) is 0 Å². The summed E-state index contributed by atoms with van der Waals surface area (Å²) in [6.45, 7) is 29.5. The van der Waals surface area contributed by atoms with Crippen molar-refractivity contribution in [2.45, 2.75) is 41.5 Å². The Labute approximate surface area is 735 Å². The van der Waals surface area contributed by atoms with Gasteiger partial charge in [0.25, 0.3) is 11.4 Å². The number of likely N-dealkylation sites (N-methyl/N-ethyl adjacent to an activating group) is 3. The SMILES string of the molecule is [C-]#[N+]/C(C(=O)OCC)=C(/Cl)c1ccc(N(C)CCN(CCN(C)c2ccc(/C(Cl)=C(\C#N)C(=O)OCC)cc2)CCN(C)c2ccc(/C(Cl)=C(\C#N)C(=O)OCC)cc2)cc1.[C-]#[N+]/C(C(=O)OCC)=C(/Cl)c1ccc(N(C)c2cc(N(C)c3ccc(/C(Cl)=C(\C#N)C(=O)OCC)cc3)cc(N(C)c3ccc(/C(Cl)=C(\C#N)C(=O)OCC)cc3)c2)cc1. The Balaban J connectivity index is 0.000000375.